The molecule has 37 heavy (non-hydrogen) atoms. The highest BCUT2D eigenvalue weighted by molar-refractivity contribution is 6.00. The summed E-state index contributed by atoms with van der Waals surface area (Å²) >= 11 is 0. The summed E-state index contributed by atoms with van der Waals surface area (Å²) in [7, 11) is 0. The van der Waals surface area contributed by atoms with E-state index in [1.807, 2.05) is 74.5 Å². The molecule has 0 saturated heterocycles. The standard InChI is InChI=1S/C30H35N3O4/c1-7-14-33(26(34)19-31-29(36)37-30(4,5)6)27(24-16-20(2)15-21(3)17-24)28(35)32-25-13-12-22-10-8-9-11-23(22)18-25/h7-13,15-18,27H,1,14,19H2,2-6H3,(H,31,36)(H,32,35). The Labute approximate surface area is 218 Å². The first kappa shape index (κ1) is 27.5. The number of hydrogen-bond donors (Lipinski definition) is 2. The van der Waals surface area contributed by atoms with Crippen molar-refractivity contribution in [3.05, 3.63) is 90.0 Å². The van der Waals surface area contributed by atoms with Gasteiger partial charge in [-0.1, -0.05) is 65.7 Å². The molecule has 3 aromatic carbocycles. The Balaban J connectivity index is 1.93. The maximum atomic E-state index is 13.8. The van der Waals surface area contributed by atoms with Crippen molar-refractivity contribution in [2.24, 2.45) is 0 Å². The van der Waals surface area contributed by atoms with Gasteiger partial charge < -0.3 is 20.3 Å². The summed E-state index contributed by atoms with van der Waals surface area (Å²) in [5.41, 5.74) is 2.53. The Morgan fingerprint density at radius 2 is 1.62 bits per heavy atom. The van der Waals surface area contributed by atoms with Crippen LogP contribution in [0.4, 0.5) is 10.5 Å². The van der Waals surface area contributed by atoms with Crippen molar-refractivity contribution in [1.29, 1.82) is 0 Å². The van der Waals surface area contributed by atoms with Crippen molar-refractivity contribution in [3.63, 3.8) is 0 Å². The molecular weight excluding hydrogens is 466 g/mol. The molecule has 0 bridgehead atoms. The summed E-state index contributed by atoms with van der Waals surface area (Å²) in [5, 5.41) is 7.53. The van der Waals surface area contributed by atoms with Crippen molar-refractivity contribution >= 4 is 34.4 Å². The van der Waals surface area contributed by atoms with E-state index < -0.39 is 23.6 Å². The summed E-state index contributed by atoms with van der Waals surface area (Å²) in [6, 6.07) is 18.4. The largest absolute Gasteiger partial charge is 0.444 e. The van der Waals surface area contributed by atoms with E-state index in [9.17, 15) is 14.4 Å². The molecule has 0 aliphatic carbocycles. The van der Waals surface area contributed by atoms with Gasteiger partial charge in [0.05, 0.1) is 0 Å². The number of carbonyl (C=O) groups excluding carboxylic acids is 3. The van der Waals surface area contributed by atoms with Crippen molar-refractivity contribution in [3.8, 4) is 0 Å². The van der Waals surface area contributed by atoms with Crippen LogP contribution in [0.15, 0.2) is 73.3 Å². The van der Waals surface area contributed by atoms with Crippen LogP contribution in [0.2, 0.25) is 0 Å². The average molecular weight is 502 g/mol. The van der Waals surface area contributed by atoms with E-state index in [-0.39, 0.29) is 19.0 Å². The lowest BCUT2D eigenvalue weighted by molar-refractivity contribution is -0.137. The molecule has 0 radical (unpaired) electrons. The van der Waals surface area contributed by atoms with Crippen LogP contribution in [0.1, 0.15) is 43.5 Å². The molecule has 3 aromatic rings. The lowest BCUT2D eigenvalue weighted by Gasteiger charge is -2.31. The van der Waals surface area contributed by atoms with Crippen LogP contribution in [0, 0.1) is 13.8 Å². The fourth-order valence-electron chi connectivity index (χ4n) is 4.17. The number of benzene rings is 3. The van der Waals surface area contributed by atoms with Gasteiger partial charge in [-0.2, -0.15) is 0 Å². The van der Waals surface area contributed by atoms with Gasteiger partial charge in [-0.3, -0.25) is 9.59 Å². The molecule has 0 aliphatic heterocycles. The Bertz CT molecular complexity index is 1290. The van der Waals surface area contributed by atoms with Crippen LogP contribution in [0.3, 0.4) is 0 Å². The van der Waals surface area contributed by atoms with Gasteiger partial charge in [0, 0.05) is 12.2 Å². The molecule has 3 amide bonds. The number of aryl methyl sites for hydroxylation is 2. The van der Waals surface area contributed by atoms with Crippen LogP contribution >= 0.6 is 0 Å². The third-order valence-corrected chi connectivity index (χ3v) is 5.57. The lowest BCUT2D eigenvalue weighted by Crippen LogP contribution is -2.46. The smallest absolute Gasteiger partial charge is 0.408 e. The molecule has 0 aromatic heterocycles. The number of hydrogen-bond acceptors (Lipinski definition) is 4. The number of ether oxygens (including phenoxy) is 1. The van der Waals surface area contributed by atoms with Crippen molar-refractivity contribution in [2.75, 3.05) is 18.4 Å². The Morgan fingerprint density at radius 3 is 2.24 bits per heavy atom. The predicted octanol–water partition coefficient (Wildman–Crippen LogP) is 5.68. The minimum Gasteiger partial charge on any atom is -0.444 e. The molecule has 2 N–H and O–H groups in total. The minimum atomic E-state index is -0.948. The summed E-state index contributed by atoms with van der Waals surface area (Å²) < 4.78 is 5.25. The molecule has 0 aliphatic rings. The fourth-order valence-corrected chi connectivity index (χ4v) is 4.17. The van der Waals surface area contributed by atoms with E-state index in [1.54, 1.807) is 26.8 Å². The first-order valence-electron chi connectivity index (χ1n) is 12.2. The molecule has 7 nitrogen and oxygen atoms in total. The van der Waals surface area contributed by atoms with Gasteiger partial charge in [-0.25, -0.2) is 4.79 Å². The Kier molecular flexibility index (Phi) is 8.71. The number of nitrogens with one attached hydrogen (secondary N) is 2. The zero-order valence-electron chi connectivity index (χ0n) is 22.1. The van der Waals surface area contributed by atoms with Crippen LogP contribution in [-0.4, -0.2) is 41.5 Å². The number of rotatable bonds is 8. The minimum absolute atomic E-state index is 0.109. The first-order valence-corrected chi connectivity index (χ1v) is 12.2. The highest BCUT2D eigenvalue weighted by atomic mass is 16.6. The number of amides is 3. The molecule has 0 heterocycles. The molecule has 0 spiro atoms. The Morgan fingerprint density at radius 1 is 0.973 bits per heavy atom. The molecule has 1 atom stereocenters. The maximum absolute atomic E-state index is 13.8. The van der Waals surface area contributed by atoms with E-state index in [2.05, 4.69) is 17.2 Å². The van der Waals surface area contributed by atoms with Crippen molar-refractivity contribution in [2.45, 2.75) is 46.3 Å². The van der Waals surface area contributed by atoms with E-state index in [0.717, 1.165) is 21.9 Å². The summed E-state index contributed by atoms with van der Waals surface area (Å²) in [6.07, 6.45) is 0.854. The maximum Gasteiger partial charge on any atom is 0.408 e. The van der Waals surface area contributed by atoms with Crippen LogP contribution in [0.5, 0.6) is 0 Å². The monoisotopic (exact) mass is 501 g/mol. The van der Waals surface area contributed by atoms with Gasteiger partial charge in [0.2, 0.25) is 5.91 Å². The first-order chi connectivity index (χ1) is 17.5. The molecular formula is C30H35N3O4. The molecule has 0 fully saturated rings. The van der Waals surface area contributed by atoms with Crippen LogP contribution in [-0.2, 0) is 14.3 Å². The van der Waals surface area contributed by atoms with E-state index in [4.69, 9.17) is 4.74 Å². The highest BCUT2D eigenvalue weighted by Gasteiger charge is 2.31. The highest BCUT2D eigenvalue weighted by Crippen LogP contribution is 2.27. The normalized spacial score (nSPS) is 11.9. The van der Waals surface area contributed by atoms with Gasteiger partial charge in [0.25, 0.3) is 5.91 Å². The van der Waals surface area contributed by atoms with Gasteiger partial charge in [-0.05, 0) is 63.1 Å². The van der Waals surface area contributed by atoms with Gasteiger partial charge in [0.1, 0.15) is 18.2 Å². The second kappa shape index (κ2) is 11.7. The number of alkyl carbamates (subject to hydrolysis) is 1. The zero-order chi connectivity index (χ0) is 27.2. The molecule has 3 rings (SSSR count). The fraction of sp³-hybridized carbons (Fsp3) is 0.300. The van der Waals surface area contributed by atoms with E-state index in [0.29, 0.717) is 11.3 Å². The van der Waals surface area contributed by atoms with Crippen molar-refractivity contribution < 1.29 is 19.1 Å². The second-order valence-electron chi connectivity index (χ2n) is 10.1. The topological polar surface area (TPSA) is 87.7 Å². The zero-order valence-corrected chi connectivity index (χ0v) is 22.1. The SMILES string of the molecule is C=CCN(C(=O)CNC(=O)OC(C)(C)C)C(C(=O)Nc1ccc2ccccc2c1)c1cc(C)cc(C)c1. The second-order valence-corrected chi connectivity index (χ2v) is 10.1. The average Bonchev–Trinajstić information content (AvgIpc) is 2.80. The molecule has 7 heteroatoms. The third-order valence-electron chi connectivity index (χ3n) is 5.57. The lowest BCUT2D eigenvalue weighted by atomic mass is 9.98. The van der Waals surface area contributed by atoms with Gasteiger partial charge in [0.15, 0.2) is 0 Å². The Hall–Kier alpha value is -4.13. The summed E-state index contributed by atoms with van der Waals surface area (Å²) in [4.78, 5) is 40.7. The van der Waals surface area contributed by atoms with Crippen molar-refractivity contribution in [1.82, 2.24) is 10.2 Å². The van der Waals surface area contributed by atoms with Crippen LogP contribution < -0.4 is 10.6 Å². The number of fused-ring (bicyclic) bond motifs is 1. The summed E-state index contributed by atoms with van der Waals surface area (Å²) in [6.45, 7) is 12.7. The molecule has 0 saturated carbocycles. The molecule has 1 unspecified atom stereocenters. The predicted molar refractivity (Wildman–Crippen MR) is 147 cm³/mol. The van der Waals surface area contributed by atoms with Crippen LogP contribution in [0.25, 0.3) is 10.8 Å². The number of anilines is 1. The van der Waals surface area contributed by atoms with E-state index >= 15 is 0 Å². The number of carbonyl (C=O) groups is 3. The summed E-state index contributed by atoms with van der Waals surface area (Å²) in [5.74, 6) is -0.809. The van der Waals surface area contributed by atoms with Gasteiger partial charge >= 0.3 is 6.09 Å². The molecule has 194 valence electrons. The third kappa shape index (κ3) is 7.67. The quantitative estimate of drug-likeness (QED) is 0.389. The van der Waals surface area contributed by atoms with E-state index in [1.165, 1.54) is 4.90 Å². The number of nitrogens with zero attached hydrogens (tertiary/aromatic N) is 1. The van der Waals surface area contributed by atoms with Gasteiger partial charge in [-0.15, -0.1) is 6.58 Å².